The Morgan fingerprint density at radius 2 is 1.87 bits per heavy atom. The van der Waals surface area contributed by atoms with Gasteiger partial charge in [0.05, 0.1) is 0 Å². The number of ketones is 2. The van der Waals surface area contributed by atoms with Gasteiger partial charge in [-0.3, -0.25) is 9.59 Å². The summed E-state index contributed by atoms with van der Waals surface area (Å²) in [6.07, 6.45) is 6.70. The molecule has 2 nitrogen and oxygen atoms in total. The first kappa shape index (κ1) is 9.32. The van der Waals surface area contributed by atoms with Crippen LogP contribution in [0.2, 0.25) is 0 Å². The van der Waals surface area contributed by atoms with E-state index in [1.54, 1.807) is 0 Å². The molecule has 0 saturated heterocycles. The van der Waals surface area contributed by atoms with Crippen molar-refractivity contribution in [3.05, 3.63) is 12.2 Å². The van der Waals surface area contributed by atoms with Crippen molar-refractivity contribution in [1.29, 1.82) is 0 Å². The van der Waals surface area contributed by atoms with Crippen molar-refractivity contribution in [3.8, 4) is 0 Å². The molecule has 80 valence electrons. The minimum absolute atomic E-state index is 0.0199. The molecule has 2 bridgehead atoms. The summed E-state index contributed by atoms with van der Waals surface area (Å²) in [5.41, 5.74) is 0. The van der Waals surface area contributed by atoms with E-state index in [0.717, 1.165) is 12.8 Å². The van der Waals surface area contributed by atoms with E-state index >= 15 is 0 Å². The second-order valence-electron chi connectivity index (χ2n) is 5.18. The zero-order valence-electron chi connectivity index (χ0n) is 8.98. The molecule has 0 N–H and O–H groups in total. The maximum Gasteiger partial charge on any atom is 0.140 e. The van der Waals surface area contributed by atoms with Crippen LogP contribution >= 0.6 is 0 Å². The van der Waals surface area contributed by atoms with Crippen LogP contribution in [0.5, 0.6) is 0 Å². The lowest BCUT2D eigenvalue weighted by molar-refractivity contribution is -0.142. The van der Waals surface area contributed by atoms with Crippen molar-refractivity contribution in [2.45, 2.75) is 26.2 Å². The van der Waals surface area contributed by atoms with Crippen molar-refractivity contribution in [2.75, 3.05) is 0 Å². The minimum atomic E-state index is 0.0199. The zero-order valence-corrected chi connectivity index (χ0v) is 8.98. The van der Waals surface area contributed by atoms with Crippen molar-refractivity contribution in [2.24, 2.45) is 29.6 Å². The van der Waals surface area contributed by atoms with Gasteiger partial charge in [-0.05, 0) is 24.7 Å². The Labute approximate surface area is 89.7 Å². The molecule has 2 saturated carbocycles. The Morgan fingerprint density at radius 1 is 1.20 bits per heavy atom. The fourth-order valence-electron chi connectivity index (χ4n) is 3.75. The highest BCUT2D eigenvalue weighted by atomic mass is 16.1. The molecule has 0 aromatic rings. The van der Waals surface area contributed by atoms with E-state index in [1.165, 1.54) is 0 Å². The Kier molecular flexibility index (Phi) is 1.88. The van der Waals surface area contributed by atoms with E-state index in [9.17, 15) is 9.59 Å². The SMILES string of the molecule is CC[C@H]1CC(=O)C2C(C1=O)[C@@H]1C=C[C@@H]2C1. The highest BCUT2D eigenvalue weighted by Gasteiger charge is 2.54. The summed E-state index contributed by atoms with van der Waals surface area (Å²) in [4.78, 5) is 24.2. The molecule has 3 rings (SSSR count). The van der Waals surface area contributed by atoms with Gasteiger partial charge in [-0.25, -0.2) is 0 Å². The molecule has 0 heterocycles. The average molecular weight is 204 g/mol. The molecule has 0 aromatic heterocycles. The van der Waals surface area contributed by atoms with Gasteiger partial charge in [-0.1, -0.05) is 19.1 Å². The number of Topliss-reactive ketones (excluding diaryl/α,β-unsaturated/α-hetero) is 2. The Balaban J connectivity index is 1.97. The predicted molar refractivity (Wildman–Crippen MR) is 56.1 cm³/mol. The standard InChI is InChI=1S/C13H16O2/c1-2-7-6-10(14)11-8-3-4-9(5-8)12(11)13(7)15/h3-4,7-9,11-12H,2,5-6H2,1H3/t7-,8+,9+,11?,12?/m0/s1. The van der Waals surface area contributed by atoms with Crippen molar-refractivity contribution in [1.82, 2.24) is 0 Å². The Morgan fingerprint density at radius 3 is 2.53 bits per heavy atom. The van der Waals surface area contributed by atoms with E-state index in [0.29, 0.717) is 29.8 Å². The molecule has 0 aromatic carbocycles. The van der Waals surface area contributed by atoms with E-state index in [4.69, 9.17) is 0 Å². The number of carbonyl (C=O) groups excluding carboxylic acids is 2. The minimum Gasteiger partial charge on any atom is -0.299 e. The number of fused-ring (bicyclic) bond motifs is 5. The van der Waals surface area contributed by atoms with Crippen LogP contribution in [0.1, 0.15) is 26.2 Å². The Bertz CT molecular complexity index is 356. The molecule has 3 aliphatic rings. The van der Waals surface area contributed by atoms with Crippen LogP contribution in [-0.2, 0) is 9.59 Å². The fraction of sp³-hybridized carbons (Fsp3) is 0.692. The van der Waals surface area contributed by atoms with Gasteiger partial charge in [0.25, 0.3) is 0 Å². The highest BCUT2D eigenvalue weighted by molar-refractivity contribution is 5.99. The number of rotatable bonds is 1. The maximum absolute atomic E-state index is 12.2. The molecule has 0 amide bonds. The number of hydrogen-bond acceptors (Lipinski definition) is 2. The molecule has 5 atom stereocenters. The van der Waals surface area contributed by atoms with Gasteiger partial charge in [0.15, 0.2) is 0 Å². The molecule has 2 heteroatoms. The summed E-state index contributed by atoms with van der Waals surface area (Å²) in [5, 5.41) is 0. The third kappa shape index (κ3) is 1.11. The second-order valence-corrected chi connectivity index (χ2v) is 5.18. The molecule has 0 spiro atoms. The van der Waals surface area contributed by atoms with Crippen molar-refractivity contribution < 1.29 is 9.59 Å². The number of hydrogen-bond donors (Lipinski definition) is 0. The van der Waals surface area contributed by atoms with Gasteiger partial charge in [0, 0.05) is 24.2 Å². The van der Waals surface area contributed by atoms with Crippen LogP contribution in [0.15, 0.2) is 12.2 Å². The lowest BCUT2D eigenvalue weighted by Gasteiger charge is -2.34. The van der Waals surface area contributed by atoms with E-state index in [1.807, 2.05) is 6.92 Å². The van der Waals surface area contributed by atoms with Gasteiger partial charge in [-0.2, -0.15) is 0 Å². The van der Waals surface area contributed by atoms with Crippen LogP contribution in [0, 0.1) is 29.6 Å². The third-order valence-corrected chi connectivity index (χ3v) is 4.50. The molecule has 3 aliphatic carbocycles. The summed E-state index contributed by atoms with van der Waals surface area (Å²) in [6.45, 7) is 2.01. The van der Waals surface area contributed by atoms with Crippen LogP contribution in [0.4, 0.5) is 0 Å². The van der Waals surface area contributed by atoms with Crippen LogP contribution in [-0.4, -0.2) is 11.6 Å². The van der Waals surface area contributed by atoms with Gasteiger partial charge in [0.2, 0.25) is 0 Å². The maximum atomic E-state index is 12.2. The smallest absolute Gasteiger partial charge is 0.140 e. The predicted octanol–water partition coefficient (Wildman–Crippen LogP) is 1.99. The van der Waals surface area contributed by atoms with E-state index in [2.05, 4.69) is 12.2 Å². The van der Waals surface area contributed by atoms with Gasteiger partial charge in [-0.15, -0.1) is 0 Å². The van der Waals surface area contributed by atoms with Gasteiger partial charge in [0.1, 0.15) is 11.6 Å². The monoisotopic (exact) mass is 204 g/mol. The molecular formula is C13H16O2. The lowest BCUT2D eigenvalue weighted by Crippen LogP contribution is -2.42. The molecule has 2 unspecified atom stereocenters. The quantitative estimate of drug-likeness (QED) is 0.612. The summed E-state index contributed by atoms with van der Waals surface area (Å²) < 4.78 is 0. The summed E-state index contributed by atoms with van der Waals surface area (Å²) in [5.74, 6) is 1.61. The molecular weight excluding hydrogens is 188 g/mol. The molecule has 15 heavy (non-hydrogen) atoms. The van der Waals surface area contributed by atoms with E-state index in [-0.39, 0.29) is 17.8 Å². The first-order chi connectivity index (χ1) is 7.22. The van der Waals surface area contributed by atoms with Gasteiger partial charge < -0.3 is 0 Å². The number of allylic oxidation sites excluding steroid dienone is 2. The van der Waals surface area contributed by atoms with Crippen LogP contribution in [0.3, 0.4) is 0 Å². The normalized spacial score (nSPS) is 47.4. The number of carbonyl (C=O) groups is 2. The first-order valence-corrected chi connectivity index (χ1v) is 5.97. The summed E-state index contributed by atoms with van der Waals surface area (Å²) >= 11 is 0. The molecule has 2 fully saturated rings. The molecule has 0 radical (unpaired) electrons. The second kappa shape index (κ2) is 3.03. The lowest BCUT2D eigenvalue weighted by atomic mass is 9.67. The van der Waals surface area contributed by atoms with Crippen molar-refractivity contribution >= 4 is 11.6 Å². The Hall–Kier alpha value is -0.920. The average Bonchev–Trinajstić information content (AvgIpc) is 2.83. The van der Waals surface area contributed by atoms with E-state index < -0.39 is 0 Å². The summed E-state index contributed by atoms with van der Waals surface area (Å²) in [6, 6.07) is 0. The molecule has 0 aliphatic heterocycles. The highest BCUT2D eigenvalue weighted by Crippen LogP contribution is 2.52. The summed E-state index contributed by atoms with van der Waals surface area (Å²) in [7, 11) is 0. The van der Waals surface area contributed by atoms with Crippen molar-refractivity contribution in [3.63, 3.8) is 0 Å². The largest absolute Gasteiger partial charge is 0.299 e. The van der Waals surface area contributed by atoms with Crippen LogP contribution in [0.25, 0.3) is 0 Å². The fourth-order valence-corrected chi connectivity index (χ4v) is 3.75. The first-order valence-electron chi connectivity index (χ1n) is 5.97. The van der Waals surface area contributed by atoms with Gasteiger partial charge >= 0.3 is 0 Å². The third-order valence-electron chi connectivity index (χ3n) is 4.50. The zero-order chi connectivity index (χ0) is 10.6. The van der Waals surface area contributed by atoms with Crippen LogP contribution < -0.4 is 0 Å². The topological polar surface area (TPSA) is 34.1 Å².